The Morgan fingerprint density at radius 2 is 1.95 bits per heavy atom. The molecule has 21 heavy (non-hydrogen) atoms. The van der Waals surface area contributed by atoms with Crippen LogP contribution in [0.5, 0.6) is 5.88 Å². The molecule has 0 aliphatic rings. The number of ether oxygens (including phenoxy) is 1. The van der Waals surface area contributed by atoms with Crippen molar-refractivity contribution in [1.82, 2.24) is 14.0 Å². The van der Waals surface area contributed by atoms with Gasteiger partial charge in [-0.05, 0) is 0 Å². The Labute approximate surface area is 120 Å². The highest BCUT2D eigenvalue weighted by Crippen LogP contribution is 2.13. The molecule has 0 radical (unpaired) electrons. The molecule has 2 aromatic heterocycles. The summed E-state index contributed by atoms with van der Waals surface area (Å²) in [6.45, 7) is 0. The van der Waals surface area contributed by atoms with Gasteiger partial charge in [-0.25, -0.2) is 9.78 Å². The quantitative estimate of drug-likeness (QED) is 0.679. The smallest absolute Gasteiger partial charge is 0.336 e. The summed E-state index contributed by atoms with van der Waals surface area (Å²) in [5.41, 5.74) is 0.828. The lowest BCUT2D eigenvalue weighted by molar-refractivity contribution is 0.103. The molecule has 0 saturated heterocycles. The standard InChI is InChI=1S/C15H13N3O3/c1-17-13(21-2)8-12-16-11(9-18(12)15(17)20)14(19)10-6-4-3-5-7-10/h3-9H,1-2H3. The van der Waals surface area contributed by atoms with Crippen LogP contribution in [-0.4, -0.2) is 26.8 Å². The third-order valence-corrected chi connectivity index (χ3v) is 3.29. The van der Waals surface area contributed by atoms with Gasteiger partial charge in [-0.1, -0.05) is 30.3 Å². The molecule has 0 bridgehead atoms. The van der Waals surface area contributed by atoms with E-state index in [1.165, 1.54) is 22.3 Å². The molecule has 6 heteroatoms. The van der Waals surface area contributed by atoms with Gasteiger partial charge in [-0.15, -0.1) is 0 Å². The van der Waals surface area contributed by atoms with Crippen molar-refractivity contribution in [1.29, 1.82) is 0 Å². The maximum atomic E-state index is 12.4. The molecule has 3 aromatic rings. The van der Waals surface area contributed by atoms with E-state index in [4.69, 9.17) is 4.74 Å². The summed E-state index contributed by atoms with van der Waals surface area (Å²) in [6.07, 6.45) is 1.45. The zero-order chi connectivity index (χ0) is 15.0. The minimum atomic E-state index is -0.316. The van der Waals surface area contributed by atoms with Crippen LogP contribution in [0.2, 0.25) is 0 Å². The average molecular weight is 283 g/mol. The molecule has 0 saturated carbocycles. The van der Waals surface area contributed by atoms with Crippen LogP contribution in [0.15, 0.2) is 47.4 Å². The van der Waals surface area contributed by atoms with Crippen molar-refractivity contribution in [3.05, 3.63) is 64.3 Å². The van der Waals surface area contributed by atoms with Gasteiger partial charge in [0.1, 0.15) is 11.3 Å². The van der Waals surface area contributed by atoms with Gasteiger partial charge in [0, 0.05) is 24.9 Å². The highest BCUT2D eigenvalue weighted by atomic mass is 16.5. The minimum absolute atomic E-state index is 0.222. The maximum absolute atomic E-state index is 12.4. The lowest BCUT2D eigenvalue weighted by atomic mass is 10.1. The van der Waals surface area contributed by atoms with Gasteiger partial charge < -0.3 is 4.74 Å². The lowest BCUT2D eigenvalue weighted by Gasteiger charge is -2.05. The minimum Gasteiger partial charge on any atom is -0.482 e. The number of ketones is 1. The molecule has 106 valence electrons. The second-order valence-corrected chi connectivity index (χ2v) is 4.58. The van der Waals surface area contributed by atoms with Crippen molar-refractivity contribution >= 4 is 11.4 Å². The number of fused-ring (bicyclic) bond motifs is 1. The number of aromatic nitrogens is 3. The summed E-state index contributed by atoms with van der Waals surface area (Å²) in [4.78, 5) is 28.7. The van der Waals surface area contributed by atoms with E-state index in [1.807, 2.05) is 6.07 Å². The van der Waals surface area contributed by atoms with Crippen LogP contribution in [0.1, 0.15) is 16.1 Å². The average Bonchev–Trinajstić information content (AvgIpc) is 2.95. The predicted molar refractivity (Wildman–Crippen MR) is 76.9 cm³/mol. The summed E-state index contributed by atoms with van der Waals surface area (Å²) in [7, 11) is 3.07. The third-order valence-electron chi connectivity index (χ3n) is 3.29. The van der Waals surface area contributed by atoms with Crippen LogP contribution in [0.3, 0.4) is 0 Å². The summed E-state index contributed by atoms with van der Waals surface area (Å²) in [6, 6.07) is 10.4. The van der Waals surface area contributed by atoms with E-state index < -0.39 is 0 Å². The molecule has 0 spiro atoms. The molecule has 0 aliphatic carbocycles. The third kappa shape index (κ3) is 2.10. The largest absolute Gasteiger partial charge is 0.482 e. The summed E-state index contributed by atoms with van der Waals surface area (Å²) in [5.74, 6) is 0.164. The number of methoxy groups -OCH3 is 1. The van der Waals surface area contributed by atoms with Gasteiger partial charge >= 0.3 is 5.69 Å². The van der Waals surface area contributed by atoms with Crippen LogP contribution in [0.25, 0.3) is 5.65 Å². The highest BCUT2D eigenvalue weighted by molar-refractivity contribution is 6.07. The number of hydrogen-bond acceptors (Lipinski definition) is 4. The van der Waals surface area contributed by atoms with Gasteiger partial charge in [0.2, 0.25) is 11.7 Å². The summed E-state index contributed by atoms with van der Waals surface area (Å²) in [5, 5.41) is 0. The zero-order valence-corrected chi connectivity index (χ0v) is 11.6. The molecule has 2 heterocycles. The molecule has 0 unspecified atom stereocenters. The molecule has 3 rings (SSSR count). The van der Waals surface area contributed by atoms with Gasteiger partial charge in [-0.3, -0.25) is 13.8 Å². The first kappa shape index (κ1) is 13.1. The van der Waals surface area contributed by atoms with Crippen LogP contribution in [-0.2, 0) is 7.05 Å². The molecule has 0 atom stereocenters. The first-order valence-corrected chi connectivity index (χ1v) is 6.34. The molecule has 0 amide bonds. The van der Waals surface area contributed by atoms with Crippen LogP contribution in [0, 0.1) is 0 Å². The topological polar surface area (TPSA) is 65.6 Å². The summed E-state index contributed by atoms with van der Waals surface area (Å²) >= 11 is 0. The first-order chi connectivity index (χ1) is 10.1. The van der Waals surface area contributed by atoms with Gasteiger partial charge in [-0.2, -0.15) is 0 Å². The molecule has 0 aliphatic heterocycles. The van der Waals surface area contributed by atoms with Gasteiger partial charge in [0.15, 0.2) is 0 Å². The fourth-order valence-corrected chi connectivity index (χ4v) is 2.16. The Kier molecular flexibility index (Phi) is 3.06. The maximum Gasteiger partial charge on any atom is 0.336 e. The molecular formula is C15H13N3O3. The van der Waals surface area contributed by atoms with E-state index in [2.05, 4.69) is 4.98 Å². The van der Waals surface area contributed by atoms with E-state index in [0.29, 0.717) is 17.1 Å². The fraction of sp³-hybridized carbons (Fsp3) is 0.133. The second-order valence-electron chi connectivity index (χ2n) is 4.58. The van der Waals surface area contributed by atoms with Gasteiger partial charge in [0.25, 0.3) is 0 Å². The van der Waals surface area contributed by atoms with Crippen molar-refractivity contribution in [2.45, 2.75) is 0 Å². The second kappa shape index (κ2) is 4.90. The van der Waals surface area contributed by atoms with E-state index in [9.17, 15) is 9.59 Å². The number of rotatable bonds is 3. The first-order valence-electron chi connectivity index (χ1n) is 6.34. The Balaban J connectivity index is 2.16. The Hall–Kier alpha value is -2.89. The number of carbonyl (C=O) groups is 1. The van der Waals surface area contributed by atoms with Crippen molar-refractivity contribution < 1.29 is 9.53 Å². The van der Waals surface area contributed by atoms with E-state index >= 15 is 0 Å². The predicted octanol–water partition coefficient (Wildman–Crippen LogP) is 1.27. The molecule has 1 aromatic carbocycles. The van der Waals surface area contributed by atoms with Crippen LogP contribution in [0.4, 0.5) is 0 Å². The van der Waals surface area contributed by atoms with E-state index in [-0.39, 0.29) is 17.2 Å². The normalized spacial score (nSPS) is 10.8. The van der Waals surface area contributed by atoms with Crippen molar-refractivity contribution in [2.24, 2.45) is 7.05 Å². The molecule has 0 N–H and O–H groups in total. The Bertz CT molecular complexity index is 878. The molecule has 6 nitrogen and oxygen atoms in total. The van der Waals surface area contributed by atoms with E-state index in [1.54, 1.807) is 37.4 Å². The number of benzene rings is 1. The SMILES string of the molecule is COc1cc2nc(C(=O)c3ccccc3)cn2c(=O)n1C. The molecule has 0 fully saturated rings. The number of hydrogen-bond donors (Lipinski definition) is 0. The van der Waals surface area contributed by atoms with Crippen molar-refractivity contribution in [3.63, 3.8) is 0 Å². The monoisotopic (exact) mass is 283 g/mol. The lowest BCUT2D eigenvalue weighted by Crippen LogP contribution is -2.24. The number of nitrogens with zero attached hydrogens (tertiary/aromatic N) is 3. The van der Waals surface area contributed by atoms with E-state index in [0.717, 1.165) is 0 Å². The molecular weight excluding hydrogens is 270 g/mol. The highest BCUT2D eigenvalue weighted by Gasteiger charge is 2.15. The summed E-state index contributed by atoms with van der Waals surface area (Å²) < 4.78 is 7.80. The zero-order valence-electron chi connectivity index (χ0n) is 11.6. The van der Waals surface area contributed by atoms with Gasteiger partial charge in [0.05, 0.1) is 7.11 Å². The Morgan fingerprint density at radius 1 is 1.24 bits per heavy atom. The van der Waals surface area contributed by atoms with Crippen molar-refractivity contribution in [2.75, 3.05) is 7.11 Å². The fourth-order valence-electron chi connectivity index (χ4n) is 2.16. The number of imidazole rings is 1. The Morgan fingerprint density at radius 3 is 2.62 bits per heavy atom. The van der Waals surface area contributed by atoms with Crippen LogP contribution < -0.4 is 10.4 Å². The van der Waals surface area contributed by atoms with Crippen LogP contribution >= 0.6 is 0 Å². The van der Waals surface area contributed by atoms with Crippen molar-refractivity contribution in [3.8, 4) is 5.88 Å². The number of carbonyl (C=O) groups excluding carboxylic acids is 1.